The SMILES string of the molecule is CN=C(NCC1(c2ccccc2C)CC1)NC1CCN(C(=O)C2CCCC2)C1. The second-order valence-corrected chi connectivity index (χ2v) is 8.92. The highest BCUT2D eigenvalue weighted by Gasteiger charge is 2.45. The topological polar surface area (TPSA) is 56.7 Å². The molecule has 5 heteroatoms. The summed E-state index contributed by atoms with van der Waals surface area (Å²) in [6.45, 7) is 4.79. The van der Waals surface area contributed by atoms with Crippen molar-refractivity contribution in [1.82, 2.24) is 15.5 Å². The molecule has 0 aromatic heterocycles. The molecule has 2 aliphatic carbocycles. The number of aliphatic imine (C=N–C) groups is 1. The van der Waals surface area contributed by atoms with Crippen LogP contribution in [0.15, 0.2) is 29.3 Å². The molecule has 1 saturated heterocycles. The molecule has 5 nitrogen and oxygen atoms in total. The fraction of sp³-hybridized carbons (Fsp3) is 0.652. The molecule has 0 radical (unpaired) electrons. The van der Waals surface area contributed by atoms with Gasteiger partial charge in [-0.1, -0.05) is 37.1 Å². The third-order valence-corrected chi connectivity index (χ3v) is 6.93. The van der Waals surface area contributed by atoms with Gasteiger partial charge in [-0.15, -0.1) is 0 Å². The Morgan fingerprint density at radius 1 is 1.21 bits per heavy atom. The van der Waals surface area contributed by atoms with E-state index in [-0.39, 0.29) is 11.3 Å². The quantitative estimate of drug-likeness (QED) is 0.608. The lowest BCUT2D eigenvalue weighted by Gasteiger charge is -2.23. The van der Waals surface area contributed by atoms with Gasteiger partial charge in [-0.05, 0) is 50.2 Å². The van der Waals surface area contributed by atoms with Crippen LogP contribution in [0.1, 0.15) is 56.1 Å². The Morgan fingerprint density at radius 3 is 2.64 bits per heavy atom. The van der Waals surface area contributed by atoms with Crippen LogP contribution in [0.5, 0.6) is 0 Å². The Labute approximate surface area is 169 Å². The maximum atomic E-state index is 12.7. The summed E-state index contributed by atoms with van der Waals surface area (Å²) in [4.78, 5) is 19.2. The van der Waals surface area contributed by atoms with E-state index < -0.39 is 0 Å². The standard InChI is InChI=1S/C23H34N4O/c1-17-7-3-6-10-20(17)23(12-13-23)16-25-22(24-2)26-19-11-14-27(15-19)21(28)18-8-4-5-9-18/h3,6-7,10,18-19H,4-5,8-9,11-16H2,1-2H3,(H2,24,25,26). The van der Waals surface area contributed by atoms with Crippen LogP contribution in [0.3, 0.4) is 0 Å². The number of hydrogen-bond acceptors (Lipinski definition) is 2. The minimum Gasteiger partial charge on any atom is -0.356 e. The van der Waals surface area contributed by atoms with Gasteiger partial charge in [-0.2, -0.15) is 0 Å². The summed E-state index contributed by atoms with van der Waals surface area (Å²) >= 11 is 0. The molecule has 1 aromatic rings. The molecule has 1 unspecified atom stereocenters. The molecule has 2 saturated carbocycles. The molecule has 1 atom stereocenters. The molecule has 28 heavy (non-hydrogen) atoms. The second-order valence-electron chi connectivity index (χ2n) is 8.92. The van der Waals surface area contributed by atoms with Crippen LogP contribution in [-0.2, 0) is 10.2 Å². The van der Waals surface area contributed by atoms with Gasteiger partial charge < -0.3 is 15.5 Å². The van der Waals surface area contributed by atoms with Gasteiger partial charge >= 0.3 is 0 Å². The highest BCUT2D eigenvalue weighted by Crippen LogP contribution is 2.48. The van der Waals surface area contributed by atoms with Gasteiger partial charge in [-0.25, -0.2) is 0 Å². The van der Waals surface area contributed by atoms with Crippen molar-refractivity contribution in [3.8, 4) is 0 Å². The Balaban J connectivity index is 1.29. The zero-order chi connectivity index (χ0) is 19.6. The summed E-state index contributed by atoms with van der Waals surface area (Å²) in [6.07, 6.45) is 8.05. The third kappa shape index (κ3) is 4.03. The summed E-state index contributed by atoms with van der Waals surface area (Å²) in [5.41, 5.74) is 3.09. The first-order chi connectivity index (χ1) is 13.6. The molecule has 3 aliphatic rings. The lowest BCUT2D eigenvalue weighted by atomic mass is 9.92. The third-order valence-electron chi connectivity index (χ3n) is 6.93. The van der Waals surface area contributed by atoms with E-state index in [1.807, 2.05) is 7.05 Å². The van der Waals surface area contributed by atoms with Crippen molar-refractivity contribution in [2.24, 2.45) is 10.9 Å². The van der Waals surface area contributed by atoms with Crippen molar-refractivity contribution in [3.05, 3.63) is 35.4 Å². The van der Waals surface area contributed by atoms with Gasteiger partial charge in [0, 0.05) is 44.1 Å². The molecule has 2 N–H and O–H groups in total. The van der Waals surface area contributed by atoms with Crippen molar-refractivity contribution in [2.45, 2.75) is 63.3 Å². The fourth-order valence-electron chi connectivity index (χ4n) is 5.01. The zero-order valence-corrected chi connectivity index (χ0v) is 17.3. The Hall–Kier alpha value is -2.04. The van der Waals surface area contributed by atoms with E-state index in [2.05, 4.69) is 51.7 Å². The molecule has 3 fully saturated rings. The largest absolute Gasteiger partial charge is 0.356 e. The number of rotatable bonds is 5. The predicted octanol–water partition coefficient (Wildman–Crippen LogP) is 2.98. The first kappa shape index (κ1) is 19.3. The van der Waals surface area contributed by atoms with Crippen molar-refractivity contribution >= 4 is 11.9 Å². The minimum atomic E-state index is 0.253. The Morgan fingerprint density at radius 2 is 1.96 bits per heavy atom. The van der Waals surface area contributed by atoms with Crippen molar-refractivity contribution in [3.63, 3.8) is 0 Å². The number of hydrogen-bond donors (Lipinski definition) is 2. The lowest BCUT2D eigenvalue weighted by Crippen LogP contribution is -2.47. The summed E-state index contributed by atoms with van der Waals surface area (Å²) in [6, 6.07) is 9.02. The number of likely N-dealkylation sites (tertiary alicyclic amines) is 1. The first-order valence-corrected chi connectivity index (χ1v) is 10.9. The monoisotopic (exact) mass is 382 g/mol. The average Bonchev–Trinajstić information content (AvgIpc) is 3.11. The van der Waals surface area contributed by atoms with E-state index in [0.29, 0.717) is 11.9 Å². The predicted molar refractivity (Wildman–Crippen MR) is 114 cm³/mol. The maximum Gasteiger partial charge on any atom is 0.225 e. The highest BCUT2D eigenvalue weighted by molar-refractivity contribution is 5.81. The summed E-state index contributed by atoms with van der Waals surface area (Å²) in [5, 5.41) is 7.11. The molecule has 4 rings (SSSR count). The van der Waals surface area contributed by atoms with E-state index in [1.165, 1.54) is 36.8 Å². The van der Waals surface area contributed by atoms with Gasteiger partial charge in [0.25, 0.3) is 0 Å². The number of carbonyl (C=O) groups excluding carboxylic acids is 1. The van der Waals surface area contributed by atoms with Gasteiger partial charge in [0.05, 0.1) is 0 Å². The summed E-state index contributed by atoms with van der Waals surface area (Å²) in [7, 11) is 1.83. The molecule has 0 spiro atoms. The number of nitrogens with zero attached hydrogens (tertiary/aromatic N) is 2. The summed E-state index contributed by atoms with van der Waals surface area (Å²) < 4.78 is 0. The van der Waals surface area contributed by atoms with E-state index in [9.17, 15) is 4.79 Å². The minimum absolute atomic E-state index is 0.253. The molecule has 152 valence electrons. The number of aryl methyl sites for hydroxylation is 1. The van der Waals surface area contributed by atoms with Crippen LogP contribution in [-0.4, -0.2) is 49.5 Å². The van der Waals surface area contributed by atoms with Crippen molar-refractivity contribution in [1.29, 1.82) is 0 Å². The van der Waals surface area contributed by atoms with Gasteiger partial charge in [0.2, 0.25) is 5.91 Å². The van der Waals surface area contributed by atoms with Crippen molar-refractivity contribution in [2.75, 3.05) is 26.7 Å². The Bertz CT molecular complexity index is 734. The maximum absolute atomic E-state index is 12.7. The lowest BCUT2D eigenvalue weighted by molar-refractivity contribution is -0.134. The first-order valence-electron chi connectivity index (χ1n) is 10.9. The van der Waals surface area contributed by atoms with Gasteiger partial charge in [0.1, 0.15) is 0 Å². The number of nitrogens with one attached hydrogen (secondary N) is 2. The molecule has 0 bridgehead atoms. The van der Waals surface area contributed by atoms with E-state index in [0.717, 1.165) is 44.9 Å². The zero-order valence-electron chi connectivity index (χ0n) is 17.3. The van der Waals surface area contributed by atoms with Crippen LogP contribution >= 0.6 is 0 Å². The molecular weight excluding hydrogens is 348 g/mol. The number of benzene rings is 1. The van der Waals surface area contributed by atoms with Crippen LogP contribution < -0.4 is 10.6 Å². The molecule has 1 aromatic carbocycles. The molecule has 1 amide bonds. The normalized spacial score (nSPS) is 24.4. The van der Waals surface area contributed by atoms with Crippen LogP contribution in [0.25, 0.3) is 0 Å². The van der Waals surface area contributed by atoms with E-state index in [1.54, 1.807) is 0 Å². The van der Waals surface area contributed by atoms with Gasteiger partial charge in [0.15, 0.2) is 5.96 Å². The number of carbonyl (C=O) groups is 1. The second kappa shape index (κ2) is 8.14. The van der Waals surface area contributed by atoms with E-state index >= 15 is 0 Å². The van der Waals surface area contributed by atoms with Crippen LogP contribution in [0.2, 0.25) is 0 Å². The smallest absolute Gasteiger partial charge is 0.225 e. The van der Waals surface area contributed by atoms with Crippen molar-refractivity contribution < 1.29 is 4.79 Å². The highest BCUT2D eigenvalue weighted by atomic mass is 16.2. The number of guanidine groups is 1. The van der Waals surface area contributed by atoms with Crippen LogP contribution in [0.4, 0.5) is 0 Å². The molecular formula is C23H34N4O. The van der Waals surface area contributed by atoms with E-state index in [4.69, 9.17) is 0 Å². The fourth-order valence-corrected chi connectivity index (χ4v) is 5.01. The average molecular weight is 383 g/mol. The van der Waals surface area contributed by atoms with Gasteiger partial charge in [-0.3, -0.25) is 9.79 Å². The summed E-state index contributed by atoms with van der Waals surface area (Å²) in [5.74, 6) is 1.52. The number of amides is 1. The van der Waals surface area contributed by atoms with Crippen LogP contribution in [0, 0.1) is 12.8 Å². The molecule has 1 aliphatic heterocycles. The molecule has 1 heterocycles. The Kier molecular flexibility index (Phi) is 5.61.